The fraction of sp³-hybridized carbons (Fsp3) is 0.529. The van der Waals surface area contributed by atoms with Crippen LogP contribution in [0, 0.1) is 5.92 Å². The van der Waals surface area contributed by atoms with E-state index in [4.69, 9.17) is 27.9 Å². The Hall–Kier alpha value is -1.51. The van der Waals surface area contributed by atoms with Gasteiger partial charge in [-0.3, -0.25) is 4.79 Å². The molecule has 1 aromatic rings. The quantitative estimate of drug-likeness (QED) is 0.745. The van der Waals surface area contributed by atoms with Crippen LogP contribution in [0.3, 0.4) is 0 Å². The van der Waals surface area contributed by atoms with Gasteiger partial charge in [-0.05, 0) is 37.5 Å². The van der Waals surface area contributed by atoms with Crippen LogP contribution in [0.25, 0.3) is 0 Å². The second-order valence-electron chi connectivity index (χ2n) is 6.74. The number of rotatable bonds is 5. The summed E-state index contributed by atoms with van der Waals surface area (Å²) in [4.78, 5) is 12.6. The second-order valence-corrected chi connectivity index (χ2v) is 7.58. The molecule has 1 heterocycles. The molecule has 1 aromatic carbocycles. The number of hydrogen-bond acceptors (Lipinski definition) is 4. The average Bonchev–Trinajstić information content (AvgIpc) is 2.86. The molecule has 1 N–H and O–H groups in total. The largest absolute Gasteiger partial charge is 0.479 e. The number of hydrogen-bond donors (Lipinski definition) is 1. The van der Waals surface area contributed by atoms with Crippen molar-refractivity contribution >= 4 is 34.8 Å². The van der Waals surface area contributed by atoms with Gasteiger partial charge in [-0.15, -0.1) is 0 Å². The third kappa shape index (κ3) is 4.67. The smallest absolute Gasteiger partial charge is 0.438 e. The Labute approximate surface area is 164 Å². The second kappa shape index (κ2) is 7.85. The van der Waals surface area contributed by atoms with E-state index < -0.39 is 30.3 Å². The van der Waals surface area contributed by atoms with Crippen molar-refractivity contribution in [3.8, 4) is 5.75 Å². The monoisotopic (exact) mass is 426 g/mol. The lowest BCUT2D eigenvalue weighted by Crippen LogP contribution is -2.58. The van der Waals surface area contributed by atoms with Gasteiger partial charge in [0.2, 0.25) is 0 Å². The predicted molar refractivity (Wildman–Crippen MR) is 95.9 cm³/mol. The van der Waals surface area contributed by atoms with Gasteiger partial charge >= 0.3 is 6.18 Å². The summed E-state index contributed by atoms with van der Waals surface area (Å²) in [5, 5.41) is 14.5. The molecule has 1 aliphatic rings. The van der Waals surface area contributed by atoms with E-state index in [1.54, 1.807) is 13.8 Å². The van der Waals surface area contributed by atoms with Crippen molar-refractivity contribution < 1.29 is 27.8 Å². The Balaban J connectivity index is 2.27. The molecule has 1 amide bonds. The highest BCUT2D eigenvalue weighted by Crippen LogP contribution is 2.41. The molecule has 0 aliphatic carbocycles. The number of halogens is 5. The first-order valence-corrected chi connectivity index (χ1v) is 8.92. The molecule has 0 saturated heterocycles. The number of hydrazone groups is 1. The molecule has 0 radical (unpaired) electrons. The Bertz CT molecular complexity index is 755. The van der Waals surface area contributed by atoms with Crippen LogP contribution in [-0.2, 0) is 4.79 Å². The van der Waals surface area contributed by atoms with E-state index >= 15 is 0 Å². The van der Waals surface area contributed by atoms with E-state index in [-0.39, 0.29) is 33.8 Å². The summed E-state index contributed by atoms with van der Waals surface area (Å²) in [6.07, 6.45) is -7.03. The summed E-state index contributed by atoms with van der Waals surface area (Å²) in [7, 11) is 0. The van der Waals surface area contributed by atoms with E-state index in [9.17, 15) is 23.1 Å². The highest BCUT2D eigenvalue weighted by atomic mass is 35.5. The molecule has 2 atom stereocenters. The first-order chi connectivity index (χ1) is 12.3. The van der Waals surface area contributed by atoms with Gasteiger partial charge in [0.15, 0.2) is 6.10 Å². The van der Waals surface area contributed by atoms with Crippen LogP contribution >= 0.6 is 23.2 Å². The molecule has 0 fully saturated rings. The van der Waals surface area contributed by atoms with E-state index in [1.165, 1.54) is 25.1 Å². The molecule has 1 aliphatic heterocycles. The van der Waals surface area contributed by atoms with Crippen LogP contribution in [0.2, 0.25) is 10.0 Å². The number of carbonyl (C=O) groups excluding carboxylic acids is 1. The zero-order valence-corrected chi connectivity index (χ0v) is 16.4. The number of amides is 1. The Kier molecular flexibility index (Phi) is 6.33. The minimum atomic E-state index is -5.08. The van der Waals surface area contributed by atoms with Gasteiger partial charge in [0.05, 0.1) is 5.02 Å². The number of aliphatic hydroxyl groups is 1. The molecular weight excluding hydrogens is 408 g/mol. The van der Waals surface area contributed by atoms with Gasteiger partial charge in [-0.2, -0.15) is 23.3 Å². The van der Waals surface area contributed by atoms with E-state index in [2.05, 4.69) is 5.10 Å². The van der Waals surface area contributed by atoms with Crippen LogP contribution < -0.4 is 4.74 Å². The summed E-state index contributed by atoms with van der Waals surface area (Å²) >= 11 is 11.7. The SMILES string of the molecule is CC(C)CC1=NN(C(=O)[C@@H](C)Oc2ccc(Cl)cc2Cl)[C@@](O)(C(F)(F)F)C1. The fourth-order valence-corrected chi connectivity index (χ4v) is 3.09. The van der Waals surface area contributed by atoms with Gasteiger partial charge in [-0.1, -0.05) is 37.0 Å². The van der Waals surface area contributed by atoms with Gasteiger partial charge < -0.3 is 9.84 Å². The molecule has 0 unspecified atom stereocenters. The molecule has 27 heavy (non-hydrogen) atoms. The fourth-order valence-electron chi connectivity index (χ4n) is 2.64. The van der Waals surface area contributed by atoms with Crippen LogP contribution in [-0.4, -0.2) is 39.7 Å². The lowest BCUT2D eigenvalue weighted by Gasteiger charge is -2.33. The lowest BCUT2D eigenvalue weighted by molar-refractivity contribution is -0.303. The molecule has 5 nitrogen and oxygen atoms in total. The third-order valence-electron chi connectivity index (χ3n) is 3.89. The van der Waals surface area contributed by atoms with Crippen molar-refractivity contribution in [3.05, 3.63) is 28.2 Å². The molecule has 10 heteroatoms. The minimum absolute atomic E-state index is 0.0119. The predicted octanol–water partition coefficient (Wildman–Crippen LogP) is 4.65. The maximum atomic E-state index is 13.5. The van der Waals surface area contributed by atoms with Gasteiger partial charge in [-0.25, -0.2) is 0 Å². The summed E-state index contributed by atoms with van der Waals surface area (Å²) in [6, 6.07) is 4.22. The molecule has 0 bridgehead atoms. The molecule has 150 valence electrons. The Morgan fingerprint density at radius 1 is 1.37 bits per heavy atom. The first kappa shape index (κ1) is 21.8. The molecular formula is C17H19Cl2F3N2O3. The zero-order chi connectivity index (χ0) is 20.6. The molecule has 0 spiro atoms. The summed E-state index contributed by atoms with van der Waals surface area (Å²) < 4.78 is 45.8. The lowest BCUT2D eigenvalue weighted by atomic mass is 9.99. The van der Waals surface area contributed by atoms with E-state index in [0.717, 1.165) is 0 Å². The summed E-state index contributed by atoms with van der Waals surface area (Å²) in [5.41, 5.74) is -3.31. The number of nitrogens with zero attached hydrogens (tertiary/aromatic N) is 2. The van der Waals surface area contributed by atoms with Crippen molar-refractivity contribution in [2.45, 2.75) is 51.6 Å². The van der Waals surface area contributed by atoms with Crippen LogP contribution in [0.1, 0.15) is 33.6 Å². The highest BCUT2D eigenvalue weighted by molar-refractivity contribution is 6.35. The number of benzene rings is 1. The van der Waals surface area contributed by atoms with Gasteiger partial charge in [0, 0.05) is 17.2 Å². The maximum Gasteiger partial charge on any atom is 0.438 e. The van der Waals surface area contributed by atoms with E-state index in [0.29, 0.717) is 5.02 Å². The van der Waals surface area contributed by atoms with Crippen LogP contribution in [0.15, 0.2) is 23.3 Å². The first-order valence-electron chi connectivity index (χ1n) is 8.16. The zero-order valence-electron chi connectivity index (χ0n) is 14.8. The number of carbonyl (C=O) groups is 1. The van der Waals surface area contributed by atoms with Crippen molar-refractivity contribution in [2.24, 2.45) is 11.0 Å². The van der Waals surface area contributed by atoms with Gasteiger partial charge in [0.1, 0.15) is 5.75 Å². The van der Waals surface area contributed by atoms with E-state index in [1.807, 2.05) is 0 Å². The standard InChI is InChI=1S/C17H19Cl2F3N2O3/c1-9(2)6-12-8-16(26,17(20,21)22)24(23-12)15(25)10(3)27-14-5-4-11(18)7-13(14)19/h4-5,7,9-10,26H,6,8H2,1-3H3/t10-,16+/m1/s1. The Morgan fingerprint density at radius 2 is 2.00 bits per heavy atom. The Morgan fingerprint density at radius 3 is 2.52 bits per heavy atom. The highest BCUT2D eigenvalue weighted by Gasteiger charge is 2.63. The number of alkyl halides is 3. The van der Waals surface area contributed by atoms with Crippen molar-refractivity contribution in [3.63, 3.8) is 0 Å². The average molecular weight is 427 g/mol. The van der Waals surface area contributed by atoms with Gasteiger partial charge in [0.25, 0.3) is 11.6 Å². The van der Waals surface area contributed by atoms with Crippen LogP contribution in [0.4, 0.5) is 13.2 Å². The molecule has 0 aromatic heterocycles. The summed E-state index contributed by atoms with van der Waals surface area (Å²) in [6.45, 7) is 4.85. The normalized spacial score (nSPS) is 21.4. The third-order valence-corrected chi connectivity index (χ3v) is 4.42. The van der Waals surface area contributed by atoms with Crippen molar-refractivity contribution in [1.82, 2.24) is 5.01 Å². The molecule has 2 rings (SSSR count). The van der Waals surface area contributed by atoms with Crippen molar-refractivity contribution in [1.29, 1.82) is 0 Å². The minimum Gasteiger partial charge on any atom is -0.479 e. The number of ether oxygens (including phenoxy) is 1. The van der Waals surface area contributed by atoms with Crippen LogP contribution in [0.5, 0.6) is 5.75 Å². The molecule has 0 saturated carbocycles. The van der Waals surface area contributed by atoms with Crippen molar-refractivity contribution in [2.75, 3.05) is 0 Å². The topological polar surface area (TPSA) is 62.1 Å². The summed E-state index contributed by atoms with van der Waals surface area (Å²) in [5.74, 6) is -1.06. The maximum absolute atomic E-state index is 13.5.